The zero-order valence-electron chi connectivity index (χ0n) is 16.8. The number of rotatable bonds is 17. The SMILES string of the molecule is CCCCCCCCCCCCCCCC(C(O)CC)S(=O)(=O)[O-].[K+]. The van der Waals surface area contributed by atoms with E-state index in [4.69, 9.17) is 0 Å². The van der Waals surface area contributed by atoms with Crippen molar-refractivity contribution < 1.29 is 69.5 Å². The number of aliphatic hydroxyl groups is 1. The zero-order chi connectivity index (χ0) is 18.3. The van der Waals surface area contributed by atoms with Gasteiger partial charge in [-0.15, -0.1) is 0 Å². The van der Waals surface area contributed by atoms with Gasteiger partial charge in [-0.1, -0.05) is 97.3 Å². The fourth-order valence-electron chi connectivity index (χ4n) is 3.16. The molecule has 0 aromatic rings. The largest absolute Gasteiger partial charge is 1.00 e. The van der Waals surface area contributed by atoms with Crippen LogP contribution in [0.4, 0.5) is 0 Å². The van der Waals surface area contributed by atoms with Gasteiger partial charge in [0.25, 0.3) is 0 Å². The maximum absolute atomic E-state index is 11.2. The molecule has 0 fully saturated rings. The summed E-state index contributed by atoms with van der Waals surface area (Å²) >= 11 is 0. The third-order valence-electron chi connectivity index (χ3n) is 4.81. The van der Waals surface area contributed by atoms with Crippen molar-refractivity contribution in [2.24, 2.45) is 0 Å². The summed E-state index contributed by atoms with van der Waals surface area (Å²) in [5.41, 5.74) is 0. The molecule has 0 aliphatic rings. The molecule has 2 unspecified atom stereocenters. The van der Waals surface area contributed by atoms with E-state index < -0.39 is 21.5 Å². The molecule has 0 aromatic carbocycles. The zero-order valence-corrected chi connectivity index (χ0v) is 20.8. The van der Waals surface area contributed by atoms with E-state index in [1.165, 1.54) is 64.2 Å². The number of aliphatic hydroxyl groups excluding tert-OH is 1. The molecule has 0 aliphatic heterocycles. The maximum atomic E-state index is 11.2. The summed E-state index contributed by atoms with van der Waals surface area (Å²) in [6.45, 7) is 3.94. The molecular formula is C19H39KO4S. The first-order chi connectivity index (χ1) is 11.4. The second-order valence-electron chi connectivity index (χ2n) is 7.04. The van der Waals surface area contributed by atoms with Gasteiger partial charge in [0.05, 0.1) is 11.4 Å². The summed E-state index contributed by atoms with van der Waals surface area (Å²) in [6.07, 6.45) is 15.5. The maximum Gasteiger partial charge on any atom is 1.00 e. The third kappa shape index (κ3) is 17.3. The van der Waals surface area contributed by atoms with Gasteiger partial charge in [-0.2, -0.15) is 0 Å². The molecule has 0 spiro atoms. The van der Waals surface area contributed by atoms with Crippen LogP contribution in [-0.4, -0.2) is 29.4 Å². The first kappa shape index (κ1) is 28.7. The molecule has 0 saturated carbocycles. The molecule has 0 amide bonds. The van der Waals surface area contributed by atoms with E-state index in [2.05, 4.69) is 6.92 Å². The van der Waals surface area contributed by atoms with E-state index in [0.29, 0.717) is 19.3 Å². The Bertz CT molecular complexity index is 374. The average molecular weight is 403 g/mol. The van der Waals surface area contributed by atoms with Crippen LogP contribution in [0.3, 0.4) is 0 Å². The van der Waals surface area contributed by atoms with E-state index in [-0.39, 0.29) is 51.4 Å². The Morgan fingerprint density at radius 1 is 0.760 bits per heavy atom. The van der Waals surface area contributed by atoms with Crippen LogP contribution in [0.2, 0.25) is 0 Å². The van der Waals surface area contributed by atoms with Gasteiger partial charge in [0, 0.05) is 0 Å². The van der Waals surface area contributed by atoms with Crippen molar-refractivity contribution in [2.75, 3.05) is 0 Å². The Balaban J connectivity index is 0. The topological polar surface area (TPSA) is 77.4 Å². The summed E-state index contributed by atoms with van der Waals surface area (Å²) in [7, 11) is -4.39. The van der Waals surface area contributed by atoms with Crippen LogP contribution < -0.4 is 51.4 Å². The summed E-state index contributed by atoms with van der Waals surface area (Å²) < 4.78 is 33.5. The molecule has 0 bridgehead atoms. The molecule has 0 aromatic heterocycles. The molecule has 0 saturated heterocycles. The summed E-state index contributed by atoms with van der Waals surface area (Å²) in [6, 6.07) is 0. The van der Waals surface area contributed by atoms with Gasteiger partial charge in [0.1, 0.15) is 10.1 Å². The third-order valence-corrected chi connectivity index (χ3v) is 6.10. The predicted molar refractivity (Wildman–Crippen MR) is 100 cm³/mol. The van der Waals surface area contributed by atoms with E-state index in [1.54, 1.807) is 6.92 Å². The molecule has 25 heavy (non-hydrogen) atoms. The fourth-order valence-corrected chi connectivity index (χ4v) is 4.19. The number of hydrogen-bond donors (Lipinski definition) is 1. The Hall–Kier alpha value is 1.51. The van der Waals surface area contributed by atoms with Crippen LogP contribution in [0, 0.1) is 0 Å². The van der Waals surface area contributed by atoms with Crippen molar-refractivity contribution >= 4 is 10.1 Å². The van der Waals surface area contributed by atoms with Crippen LogP contribution in [0.15, 0.2) is 0 Å². The van der Waals surface area contributed by atoms with Crippen molar-refractivity contribution in [1.82, 2.24) is 0 Å². The first-order valence-corrected chi connectivity index (χ1v) is 11.5. The minimum atomic E-state index is -4.39. The fraction of sp³-hybridized carbons (Fsp3) is 1.00. The Labute approximate surface area is 199 Å². The Kier molecular flexibility index (Phi) is 21.7. The second-order valence-corrected chi connectivity index (χ2v) is 8.63. The van der Waals surface area contributed by atoms with Crippen LogP contribution in [0.25, 0.3) is 0 Å². The first-order valence-electron chi connectivity index (χ1n) is 10.1. The molecule has 0 rings (SSSR count). The summed E-state index contributed by atoms with van der Waals surface area (Å²) in [4.78, 5) is 0. The van der Waals surface area contributed by atoms with Gasteiger partial charge in [0.2, 0.25) is 0 Å². The van der Waals surface area contributed by atoms with Crippen molar-refractivity contribution in [3.05, 3.63) is 0 Å². The van der Waals surface area contributed by atoms with Crippen LogP contribution in [0.1, 0.15) is 110 Å². The molecular weight excluding hydrogens is 363 g/mol. The van der Waals surface area contributed by atoms with E-state index in [0.717, 1.165) is 12.8 Å². The quantitative estimate of drug-likeness (QED) is 0.230. The standard InChI is InChI=1S/C19H40O4S.K/c1-3-5-6-7-8-9-10-11-12-13-14-15-16-17-19(18(20)4-2)24(21,22)23;/h18-20H,3-17H2,1-2H3,(H,21,22,23);/q;+1/p-1. The van der Waals surface area contributed by atoms with Crippen LogP contribution in [-0.2, 0) is 10.1 Å². The number of unbranched alkanes of at least 4 members (excludes halogenated alkanes) is 12. The molecule has 0 aliphatic carbocycles. The van der Waals surface area contributed by atoms with Gasteiger partial charge in [-0.3, -0.25) is 0 Å². The monoisotopic (exact) mass is 402 g/mol. The molecule has 2 atom stereocenters. The van der Waals surface area contributed by atoms with Gasteiger partial charge >= 0.3 is 51.4 Å². The Morgan fingerprint density at radius 2 is 1.12 bits per heavy atom. The molecule has 4 nitrogen and oxygen atoms in total. The van der Waals surface area contributed by atoms with E-state index in [1.807, 2.05) is 0 Å². The summed E-state index contributed by atoms with van der Waals surface area (Å²) in [5.74, 6) is 0. The minimum absolute atomic E-state index is 0. The van der Waals surface area contributed by atoms with Crippen molar-refractivity contribution in [3.63, 3.8) is 0 Å². The van der Waals surface area contributed by atoms with E-state index >= 15 is 0 Å². The Morgan fingerprint density at radius 3 is 1.44 bits per heavy atom. The number of hydrogen-bond acceptors (Lipinski definition) is 4. The molecule has 146 valence electrons. The molecule has 1 N–H and O–H groups in total. The van der Waals surface area contributed by atoms with Gasteiger partial charge < -0.3 is 9.66 Å². The minimum Gasteiger partial charge on any atom is -0.748 e. The van der Waals surface area contributed by atoms with E-state index in [9.17, 15) is 18.1 Å². The van der Waals surface area contributed by atoms with Crippen molar-refractivity contribution in [1.29, 1.82) is 0 Å². The normalized spacial score (nSPS) is 14.1. The predicted octanol–water partition coefficient (Wildman–Crippen LogP) is 2.16. The smallest absolute Gasteiger partial charge is 0.748 e. The van der Waals surface area contributed by atoms with Crippen LogP contribution >= 0.6 is 0 Å². The van der Waals surface area contributed by atoms with Gasteiger partial charge in [-0.05, 0) is 12.8 Å². The van der Waals surface area contributed by atoms with Crippen LogP contribution in [0.5, 0.6) is 0 Å². The molecule has 0 heterocycles. The second kappa shape index (κ2) is 18.9. The molecule has 6 heteroatoms. The molecule has 0 radical (unpaired) electrons. The average Bonchev–Trinajstić information content (AvgIpc) is 2.53. The van der Waals surface area contributed by atoms with Crippen molar-refractivity contribution in [3.8, 4) is 0 Å². The summed E-state index contributed by atoms with van der Waals surface area (Å²) in [5, 5.41) is 8.54. The van der Waals surface area contributed by atoms with Gasteiger partial charge in [0.15, 0.2) is 0 Å². The van der Waals surface area contributed by atoms with Crippen molar-refractivity contribution in [2.45, 2.75) is 122 Å². The van der Waals surface area contributed by atoms with Gasteiger partial charge in [-0.25, -0.2) is 8.42 Å².